The minimum atomic E-state index is -0.256. The minimum absolute atomic E-state index is 0.223. The van der Waals surface area contributed by atoms with Crippen LogP contribution >= 0.6 is 0 Å². The molecule has 0 N–H and O–H groups in total. The van der Waals surface area contributed by atoms with E-state index in [4.69, 9.17) is 4.74 Å². The number of carbonyl (C=O) groups is 2. The predicted octanol–water partition coefficient (Wildman–Crippen LogP) is 1.80. The van der Waals surface area contributed by atoms with Crippen molar-refractivity contribution in [2.75, 3.05) is 45.9 Å². The van der Waals surface area contributed by atoms with Gasteiger partial charge in [-0.15, -0.1) is 0 Å². The normalized spacial score (nSPS) is 26.8. The van der Waals surface area contributed by atoms with E-state index >= 15 is 0 Å². The van der Waals surface area contributed by atoms with Crippen LogP contribution in [0.1, 0.15) is 40.0 Å². The van der Waals surface area contributed by atoms with E-state index in [2.05, 4.69) is 18.7 Å². The highest BCUT2D eigenvalue weighted by Gasteiger charge is 2.59. The quantitative estimate of drug-likeness (QED) is 0.788. The monoisotopic (exact) mass is 337 g/mol. The lowest BCUT2D eigenvalue weighted by atomic mass is 9.90. The Labute approximate surface area is 145 Å². The Balaban J connectivity index is 1.47. The SMILES string of the molecule is CCOC(=O)N1CCN(C(=O)C2CC23CCN(C(C)C)CC3)CC1. The van der Waals surface area contributed by atoms with Gasteiger partial charge in [-0.25, -0.2) is 4.79 Å². The van der Waals surface area contributed by atoms with E-state index in [1.54, 1.807) is 4.90 Å². The number of piperidine rings is 1. The highest BCUT2D eigenvalue weighted by atomic mass is 16.6. The van der Waals surface area contributed by atoms with E-state index in [-0.39, 0.29) is 17.4 Å². The van der Waals surface area contributed by atoms with Crippen molar-refractivity contribution in [1.82, 2.24) is 14.7 Å². The first-order chi connectivity index (χ1) is 11.5. The third kappa shape index (κ3) is 3.39. The van der Waals surface area contributed by atoms with Crippen molar-refractivity contribution in [3.8, 4) is 0 Å². The highest BCUT2D eigenvalue weighted by Crippen LogP contribution is 2.60. The number of hydrogen-bond donors (Lipinski definition) is 0. The van der Waals surface area contributed by atoms with E-state index in [1.807, 2.05) is 11.8 Å². The van der Waals surface area contributed by atoms with Crippen LogP contribution in [0.2, 0.25) is 0 Å². The van der Waals surface area contributed by atoms with E-state index in [1.165, 1.54) is 0 Å². The molecule has 1 aliphatic carbocycles. The number of ether oxygens (including phenoxy) is 1. The van der Waals surface area contributed by atoms with Crippen LogP contribution in [-0.4, -0.2) is 78.6 Å². The summed E-state index contributed by atoms with van der Waals surface area (Å²) in [5, 5.41) is 0. The Bertz CT molecular complexity index is 478. The van der Waals surface area contributed by atoms with Gasteiger partial charge >= 0.3 is 6.09 Å². The van der Waals surface area contributed by atoms with Crippen molar-refractivity contribution in [2.24, 2.45) is 11.3 Å². The molecule has 1 atom stereocenters. The van der Waals surface area contributed by atoms with Crippen LogP contribution in [0.4, 0.5) is 4.79 Å². The topological polar surface area (TPSA) is 53.1 Å². The number of amides is 2. The van der Waals surface area contributed by atoms with Gasteiger partial charge in [-0.1, -0.05) is 0 Å². The maximum atomic E-state index is 12.8. The fourth-order valence-corrected chi connectivity index (χ4v) is 4.28. The van der Waals surface area contributed by atoms with Gasteiger partial charge in [-0.05, 0) is 58.5 Å². The van der Waals surface area contributed by atoms with Gasteiger partial charge in [0.15, 0.2) is 0 Å². The van der Waals surface area contributed by atoms with E-state index in [0.717, 1.165) is 32.4 Å². The van der Waals surface area contributed by atoms with Gasteiger partial charge in [0.25, 0.3) is 0 Å². The maximum absolute atomic E-state index is 12.8. The molecule has 2 amide bonds. The van der Waals surface area contributed by atoms with Gasteiger partial charge in [-0.2, -0.15) is 0 Å². The molecule has 2 heterocycles. The van der Waals surface area contributed by atoms with Crippen LogP contribution in [0.5, 0.6) is 0 Å². The first kappa shape index (κ1) is 17.5. The standard InChI is InChI=1S/C18H31N3O3/c1-4-24-17(23)21-11-9-20(10-12-21)16(22)15-13-18(15)5-7-19(8-6-18)14(2)3/h14-15H,4-13H2,1-3H3. The molecule has 3 fully saturated rings. The molecule has 0 aromatic carbocycles. The number of hydrogen-bond acceptors (Lipinski definition) is 4. The van der Waals surface area contributed by atoms with E-state index < -0.39 is 0 Å². The molecule has 0 radical (unpaired) electrons. The molecule has 0 aromatic heterocycles. The number of piperazine rings is 1. The van der Waals surface area contributed by atoms with Crippen LogP contribution < -0.4 is 0 Å². The lowest BCUT2D eigenvalue weighted by Gasteiger charge is -2.37. The van der Waals surface area contributed by atoms with Crippen molar-refractivity contribution in [1.29, 1.82) is 0 Å². The number of carbonyl (C=O) groups excluding carboxylic acids is 2. The van der Waals surface area contributed by atoms with Crippen LogP contribution in [0.15, 0.2) is 0 Å². The minimum Gasteiger partial charge on any atom is -0.450 e. The molecule has 0 bridgehead atoms. The van der Waals surface area contributed by atoms with Gasteiger partial charge in [0.05, 0.1) is 6.61 Å². The number of likely N-dealkylation sites (tertiary alicyclic amines) is 1. The second kappa shape index (κ2) is 6.90. The summed E-state index contributed by atoms with van der Waals surface area (Å²) in [4.78, 5) is 30.8. The zero-order valence-corrected chi connectivity index (χ0v) is 15.3. The summed E-state index contributed by atoms with van der Waals surface area (Å²) < 4.78 is 5.04. The second-order valence-corrected chi connectivity index (χ2v) is 7.76. The van der Waals surface area contributed by atoms with Crippen LogP contribution in [0.3, 0.4) is 0 Å². The first-order valence-electron chi connectivity index (χ1n) is 9.41. The lowest BCUT2D eigenvalue weighted by Crippen LogP contribution is -2.51. The van der Waals surface area contributed by atoms with Gasteiger partial charge in [0, 0.05) is 38.1 Å². The summed E-state index contributed by atoms with van der Waals surface area (Å²) in [5.41, 5.74) is 0.279. The molecular formula is C18H31N3O3. The van der Waals surface area contributed by atoms with Crippen molar-refractivity contribution in [3.63, 3.8) is 0 Å². The number of nitrogens with zero attached hydrogens (tertiary/aromatic N) is 3. The number of rotatable bonds is 3. The molecular weight excluding hydrogens is 306 g/mol. The van der Waals surface area contributed by atoms with Crippen LogP contribution in [-0.2, 0) is 9.53 Å². The molecule has 24 heavy (non-hydrogen) atoms. The van der Waals surface area contributed by atoms with Gasteiger partial charge < -0.3 is 19.4 Å². The first-order valence-corrected chi connectivity index (χ1v) is 9.41. The molecule has 1 unspecified atom stereocenters. The largest absolute Gasteiger partial charge is 0.450 e. The van der Waals surface area contributed by atoms with Crippen molar-refractivity contribution < 1.29 is 14.3 Å². The molecule has 2 saturated heterocycles. The lowest BCUT2D eigenvalue weighted by molar-refractivity contribution is -0.135. The van der Waals surface area contributed by atoms with Gasteiger partial charge in [0.2, 0.25) is 5.91 Å². The molecule has 2 aliphatic heterocycles. The fraction of sp³-hybridized carbons (Fsp3) is 0.889. The van der Waals surface area contributed by atoms with Crippen LogP contribution in [0, 0.1) is 11.3 Å². The fourth-order valence-electron chi connectivity index (χ4n) is 4.28. The maximum Gasteiger partial charge on any atom is 0.409 e. The summed E-state index contributed by atoms with van der Waals surface area (Å²) >= 11 is 0. The Morgan fingerprint density at radius 3 is 2.17 bits per heavy atom. The Kier molecular flexibility index (Phi) is 5.04. The van der Waals surface area contributed by atoms with Crippen molar-refractivity contribution >= 4 is 12.0 Å². The van der Waals surface area contributed by atoms with E-state index in [9.17, 15) is 9.59 Å². The summed E-state index contributed by atoms with van der Waals surface area (Å²) in [7, 11) is 0. The Hall–Kier alpha value is -1.30. The Morgan fingerprint density at radius 1 is 1.04 bits per heavy atom. The van der Waals surface area contributed by atoms with Gasteiger partial charge in [-0.3, -0.25) is 4.79 Å². The zero-order chi connectivity index (χ0) is 17.3. The molecule has 1 spiro atoms. The van der Waals surface area contributed by atoms with Crippen molar-refractivity contribution in [3.05, 3.63) is 0 Å². The summed E-state index contributed by atoms with van der Waals surface area (Å²) in [5.74, 6) is 0.539. The highest BCUT2D eigenvalue weighted by molar-refractivity contribution is 5.83. The Morgan fingerprint density at radius 2 is 1.62 bits per heavy atom. The average molecular weight is 337 g/mol. The second-order valence-electron chi connectivity index (χ2n) is 7.76. The molecule has 6 nitrogen and oxygen atoms in total. The molecule has 1 saturated carbocycles. The smallest absolute Gasteiger partial charge is 0.409 e. The zero-order valence-electron chi connectivity index (χ0n) is 15.3. The van der Waals surface area contributed by atoms with Crippen LogP contribution in [0.25, 0.3) is 0 Å². The van der Waals surface area contributed by atoms with Crippen molar-refractivity contribution in [2.45, 2.75) is 46.1 Å². The molecule has 0 aromatic rings. The third-order valence-electron chi connectivity index (χ3n) is 6.13. The predicted molar refractivity (Wildman–Crippen MR) is 91.7 cm³/mol. The summed E-state index contributed by atoms with van der Waals surface area (Å²) in [6.45, 7) is 11.4. The summed E-state index contributed by atoms with van der Waals surface area (Å²) in [6, 6.07) is 0.603. The summed E-state index contributed by atoms with van der Waals surface area (Å²) in [6.07, 6.45) is 3.12. The average Bonchev–Trinajstić information content (AvgIpc) is 3.28. The van der Waals surface area contributed by atoms with Gasteiger partial charge in [0.1, 0.15) is 0 Å². The molecule has 3 rings (SSSR count). The molecule has 136 valence electrons. The molecule has 6 heteroatoms. The van der Waals surface area contributed by atoms with E-state index in [0.29, 0.717) is 44.7 Å². The molecule has 3 aliphatic rings. The third-order valence-corrected chi connectivity index (χ3v) is 6.13.